The molecule has 0 aliphatic rings. The second kappa shape index (κ2) is 14.4. The summed E-state index contributed by atoms with van der Waals surface area (Å²) in [6.07, 6.45) is 0. The van der Waals surface area contributed by atoms with E-state index in [2.05, 4.69) is 157 Å². The molecule has 0 saturated carbocycles. The molecule has 246 valence electrons. The Hall–Kier alpha value is -7.15. The standard InChI is InChI=1S/C49H35N3/c50-33-34-11-6-22-45(27-34)52-49-26-25-42(39-17-8-16-38(29-39)40-18-9-20-43(30-40)46-23-4-5-24-48(46)51)32-47(49)44-21-10-19-41(31-44)37-15-7-14-36(28-37)35-12-2-1-3-13-35/h1-32,52H,51H2. The van der Waals surface area contributed by atoms with E-state index >= 15 is 0 Å². The quantitative estimate of drug-likeness (QED) is 0.159. The van der Waals surface area contributed by atoms with E-state index in [9.17, 15) is 5.26 Å². The summed E-state index contributed by atoms with van der Waals surface area (Å²) in [5, 5.41) is 13.2. The third kappa shape index (κ3) is 6.83. The molecule has 0 aromatic heterocycles. The van der Waals surface area contributed by atoms with Crippen molar-refractivity contribution in [3.05, 3.63) is 200 Å². The van der Waals surface area contributed by atoms with Gasteiger partial charge in [0.1, 0.15) is 0 Å². The van der Waals surface area contributed by atoms with Gasteiger partial charge in [0.05, 0.1) is 11.6 Å². The Bertz CT molecular complexity index is 2580. The first-order valence-electron chi connectivity index (χ1n) is 17.3. The van der Waals surface area contributed by atoms with Crippen LogP contribution in [-0.2, 0) is 0 Å². The number of nitrogens with one attached hydrogen (secondary N) is 1. The maximum Gasteiger partial charge on any atom is 0.0992 e. The summed E-state index contributed by atoms with van der Waals surface area (Å²) in [6.45, 7) is 0. The van der Waals surface area contributed by atoms with Crippen LogP contribution >= 0.6 is 0 Å². The average molecular weight is 666 g/mol. The number of nitriles is 1. The third-order valence-corrected chi connectivity index (χ3v) is 9.43. The molecule has 52 heavy (non-hydrogen) atoms. The Balaban J connectivity index is 1.20. The van der Waals surface area contributed by atoms with E-state index in [-0.39, 0.29) is 0 Å². The van der Waals surface area contributed by atoms with E-state index in [1.54, 1.807) is 0 Å². The average Bonchev–Trinajstić information content (AvgIpc) is 3.22. The number of hydrogen-bond donors (Lipinski definition) is 2. The van der Waals surface area contributed by atoms with Gasteiger partial charge in [-0.1, -0.05) is 133 Å². The van der Waals surface area contributed by atoms with Gasteiger partial charge in [-0.15, -0.1) is 0 Å². The van der Waals surface area contributed by atoms with E-state index in [0.29, 0.717) is 5.56 Å². The SMILES string of the molecule is N#Cc1cccc(Nc2ccc(-c3cccc(-c4cccc(-c5ccccc5N)c4)c3)cc2-c2cccc(-c3cccc(-c4ccccc4)c3)c2)c1. The topological polar surface area (TPSA) is 61.8 Å². The van der Waals surface area contributed by atoms with Crippen LogP contribution in [0.5, 0.6) is 0 Å². The molecule has 8 aromatic rings. The lowest BCUT2D eigenvalue weighted by Crippen LogP contribution is -1.95. The highest BCUT2D eigenvalue weighted by molar-refractivity contribution is 5.88. The van der Waals surface area contributed by atoms with Crippen molar-refractivity contribution in [2.24, 2.45) is 0 Å². The number of rotatable bonds is 8. The minimum absolute atomic E-state index is 0.610. The van der Waals surface area contributed by atoms with Gasteiger partial charge in [-0.3, -0.25) is 0 Å². The number of benzene rings is 8. The number of nitrogens with two attached hydrogens (primary N) is 1. The van der Waals surface area contributed by atoms with Crippen LogP contribution in [0.4, 0.5) is 17.1 Å². The summed E-state index contributed by atoms with van der Waals surface area (Å²) in [5.41, 5.74) is 23.0. The zero-order chi connectivity index (χ0) is 35.3. The first kappa shape index (κ1) is 32.1. The molecule has 8 rings (SSSR count). The van der Waals surface area contributed by atoms with Crippen LogP contribution < -0.4 is 11.1 Å². The Kier molecular flexibility index (Phi) is 8.87. The molecular weight excluding hydrogens is 631 g/mol. The Morgan fingerprint density at radius 3 is 1.42 bits per heavy atom. The zero-order valence-corrected chi connectivity index (χ0v) is 28.5. The van der Waals surface area contributed by atoms with Gasteiger partial charge in [-0.05, 0) is 116 Å². The van der Waals surface area contributed by atoms with E-state index in [1.807, 2.05) is 48.5 Å². The van der Waals surface area contributed by atoms with E-state index in [1.165, 1.54) is 11.1 Å². The fourth-order valence-corrected chi connectivity index (χ4v) is 6.77. The fourth-order valence-electron chi connectivity index (χ4n) is 6.77. The molecule has 0 aliphatic heterocycles. The molecule has 0 heterocycles. The predicted molar refractivity (Wildman–Crippen MR) is 218 cm³/mol. The summed E-state index contributed by atoms with van der Waals surface area (Å²) < 4.78 is 0. The zero-order valence-electron chi connectivity index (χ0n) is 28.5. The minimum Gasteiger partial charge on any atom is -0.398 e. The molecular formula is C49H35N3. The van der Waals surface area contributed by atoms with Crippen molar-refractivity contribution in [3.8, 4) is 72.8 Å². The highest BCUT2D eigenvalue weighted by Crippen LogP contribution is 2.38. The highest BCUT2D eigenvalue weighted by Gasteiger charge is 2.12. The van der Waals surface area contributed by atoms with Crippen molar-refractivity contribution < 1.29 is 0 Å². The van der Waals surface area contributed by atoms with Crippen molar-refractivity contribution in [2.75, 3.05) is 11.1 Å². The molecule has 0 bridgehead atoms. The summed E-state index contributed by atoms with van der Waals surface area (Å²) in [7, 11) is 0. The van der Waals surface area contributed by atoms with Gasteiger partial charge in [0.15, 0.2) is 0 Å². The second-order valence-corrected chi connectivity index (χ2v) is 12.9. The van der Waals surface area contributed by atoms with Gasteiger partial charge in [-0.2, -0.15) is 5.26 Å². The smallest absolute Gasteiger partial charge is 0.0992 e. The molecule has 0 radical (unpaired) electrons. The summed E-state index contributed by atoms with van der Waals surface area (Å²) in [4.78, 5) is 0. The second-order valence-electron chi connectivity index (χ2n) is 12.9. The molecule has 0 aliphatic carbocycles. The van der Waals surface area contributed by atoms with Crippen LogP contribution in [0.1, 0.15) is 5.56 Å². The molecule has 3 heteroatoms. The Labute approximate surface area is 304 Å². The number of nitrogen functional groups attached to an aromatic ring is 1. The normalized spacial score (nSPS) is 10.8. The van der Waals surface area contributed by atoms with Gasteiger partial charge >= 0.3 is 0 Å². The summed E-state index contributed by atoms with van der Waals surface area (Å²) in [6, 6.07) is 69.5. The monoisotopic (exact) mass is 665 g/mol. The van der Waals surface area contributed by atoms with E-state index < -0.39 is 0 Å². The van der Waals surface area contributed by atoms with Crippen LogP contribution in [0.15, 0.2) is 194 Å². The van der Waals surface area contributed by atoms with Gasteiger partial charge in [0.2, 0.25) is 0 Å². The molecule has 3 N–H and O–H groups in total. The van der Waals surface area contributed by atoms with Crippen molar-refractivity contribution in [1.82, 2.24) is 0 Å². The summed E-state index contributed by atoms with van der Waals surface area (Å²) >= 11 is 0. The molecule has 0 atom stereocenters. The fraction of sp³-hybridized carbons (Fsp3) is 0. The van der Waals surface area contributed by atoms with Crippen molar-refractivity contribution in [2.45, 2.75) is 0 Å². The van der Waals surface area contributed by atoms with Crippen LogP contribution in [-0.4, -0.2) is 0 Å². The number of nitrogens with zero attached hydrogens (tertiary/aromatic N) is 1. The largest absolute Gasteiger partial charge is 0.398 e. The first-order chi connectivity index (χ1) is 25.6. The van der Waals surface area contributed by atoms with E-state index in [0.717, 1.165) is 72.7 Å². The minimum atomic E-state index is 0.610. The maximum atomic E-state index is 9.56. The third-order valence-electron chi connectivity index (χ3n) is 9.43. The van der Waals surface area contributed by atoms with Crippen molar-refractivity contribution >= 4 is 17.1 Å². The van der Waals surface area contributed by atoms with E-state index in [4.69, 9.17) is 5.73 Å². The molecule has 0 fully saturated rings. The summed E-state index contributed by atoms with van der Waals surface area (Å²) in [5.74, 6) is 0. The van der Waals surface area contributed by atoms with Crippen LogP contribution in [0.25, 0.3) is 66.8 Å². The van der Waals surface area contributed by atoms with Crippen LogP contribution in [0.2, 0.25) is 0 Å². The van der Waals surface area contributed by atoms with Gasteiger partial charge in [0, 0.05) is 28.2 Å². The molecule has 0 unspecified atom stereocenters. The first-order valence-corrected chi connectivity index (χ1v) is 17.3. The van der Waals surface area contributed by atoms with Crippen LogP contribution in [0.3, 0.4) is 0 Å². The lowest BCUT2D eigenvalue weighted by Gasteiger charge is -2.16. The number of hydrogen-bond acceptors (Lipinski definition) is 3. The van der Waals surface area contributed by atoms with Gasteiger partial charge in [-0.25, -0.2) is 0 Å². The molecule has 0 saturated heterocycles. The van der Waals surface area contributed by atoms with Gasteiger partial charge < -0.3 is 11.1 Å². The Morgan fingerprint density at radius 1 is 0.365 bits per heavy atom. The Morgan fingerprint density at radius 2 is 0.827 bits per heavy atom. The number of anilines is 3. The molecule has 8 aromatic carbocycles. The molecule has 3 nitrogen and oxygen atoms in total. The van der Waals surface area contributed by atoms with Crippen molar-refractivity contribution in [1.29, 1.82) is 5.26 Å². The van der Waals surface area contributed by atoms with Gasteiger partial charge in [0.25, 0.3) is 0 Å². The molecule has 0 spiro atoms. The maximum absolute atomic E-state index is 9.56. The predicted octanol–water partition coefficient (Wildman–Crippen LogP) is 12.9. The lowest BCUT2D eigenvalue weighted by atomic mass is 9.92. The number of para-hydroxylation sites is 1. The van der Waals surface area contributed by atoms with Crippen LogP contribution in [0, 0.1) is 11.3 Å². The molecule has 0 amide bonds. The van der Waals surface area contributed by atoms with Crippen molar-refractivity contribution in [3.63, 3.8) is 0 Å². The highest BCUT2D eigenvalue weighted by atomic mass is 14.9. The lowest BCUT2D eigenvalue weighted by molar-refractivity contribution is 1.47.